The van der Waals surface area contributed by atoms with E-state index in [4.69, 9.17) is 13.3 Å². The van der Waals surface area contributed by atoms with Crippen molar-refractivity contribution in [2.24, 2.45) is 0 Å². The third kappa shape index (κ3) is 5.97. The second-order valence-corrected chi connectivity index (χ2v) is 9.27. The van der Waals surface area contributed by atoms with Crippen LogP contribution in [0.1, 0.15) is 44.5 Å². The molecule has 1 aromatic rings. The van der Waals surface area contributed by atoms with Gasteiger partial charge < -0.3 is 18.6 Å². The molecule has 1 N–H and O–H groups in total. The average molecular weight is 429 g/mol. The summed E-state index contributed by atoms with van der Waals surface area (Å²) in [6.07, 6.45) is -0.137. The lowest BCUT2D eigenvalue weighted by Crippen LogP contribution is -2.48. The maximum absolute atomic E-state index is 13.7. The van der Waals surface area contributed by atoms with Gasteiger partial charge in [0.25, 0.3) is 5.91 Å². The highest BCUT2D eigenvalue weighted by Crippen LogP contribution is 2.23. The third-order valence-corrected chi connectivity index (χ3v) is 6.77. The van der Waals surface area contributed by atoms with Gasteiger partial charge in [0.05, 0.1) is 0 Å². The molecule has 0 fully saturated rings. The number of halogens is 5. The SMILES string of the molecule is CO[Si](CCCNC(=O)c1c(F)c(F)c(F)c(F)c1F)(OC(C)C)OC(C)C. The first-order valence-electron chi connectivity index (χ1n) is 8.66. The van der Waals surface area contributed by atoms with Gasteiger partial charge in [0.15, 0.2) is 23.3 Å². The molecule has 1 amide bonds. The monoisotopic (exact) mass is 429 g/mol. The highest BCUT2D eigenvalue weighted by atomic mass is 28.4. The topological polar surface area (TPSA) is 56.8 Å². The Labute approximate surface area is 161 Å². The molecule has 1 rings (SSSR count). The van der Waals surface area contributed by atoms with Crippen molar-refractivity contribution >= 4 is 14.7 Å². The molecule has 11 heteroatoms. The number of carbonyl (C=O) groups is 1. The van der Waals surface area contributed by atoms with E-state index in [1.807, 2.05) is 0 Å². The highest BCUT2D eigenvalue weighted by molar-refractivity contribution is 6.60. The lowest BCUT2D eigenvalue weighted by molar-refractivity contribution is 0.0323. The van der Waals surface area contributed by atoms with E-state index in [9.17, 15) is 26.7 Å². The molecule has 0 aliphatic rings. The standard InChI is InChI=1S/C17H24F5NO4Si/c1-9(2)26-28(25-5,27-10(3)4)8-6-7-23-17(24)11-12(18)14(20)16(22)15(21)13(11)19/h9-10H,6-8H2,1-5H3,(H,23,24). The first kappa shape index (κ1) is 24.5. The van der Waals surface area contributed by atoms with Gasteiger partial charge in [-0.1, -0.05) is 0 Å². The molecule has 0 atom stereocenters. The van der Waals surface area contributed by atoms with Crippen molar-refractivity contribution in [3.05, 3.63) is 34.6 Å². The van der Waals surface area contributed by atoms with E-state index in [0.717, 1.165) is 0 Å². The van der Waals surface area contributed by atoms with Crippen molar-refractivity contribution in [3.8, 4) is 0 Å². The molecule has 0 saturated carbocycles. The maximum atomic E-state index is 13.7. The fourth-order valence-corrected chi connectivity index (χ4v) is 5.20. The molecule has 0 aromatic heterocycles. The summed E-state index contributed by atoms with van der Waals surface area (Å²) in [6.45, 7) is 7.09. The van der Waals surface area contributed by atoms with Crippen LogP contribution in [0.5, 0.6) is 0 Å². The molecule has 0 bridgehead atoms. The van der Waals surface area contributed by atoms with Crippen molar-refractivity contribution in [2.45, 2.75) is 52.4 Å². The van der Waals surface area contributed by atoms with Crippen LogP contribution in [0.3, 0.4) is 0 Å². The third-order valence-electron chi connectivity index (χ3n) is 3.52. The minimum Gasteiger partial charge on any atom is -0.377 e. The molecular formula is C17H24F5NO4Si. The first-order chi connectivity index (χ1) is 13.0. The van der Waals surface area contributed by atoms with Crippen molar-refractivity contribution in [3.63, 3.8) is 0 Å². The maximum Gasteiger partial charge on any atom is 0.501 e. The molecular weight excluding hydrogens is 405 g/mol. The second kappa shape index (κ2) is 10.3. The van der Waals surface area contributed by atoms with Crippen LogP contribution >= 0.6 is 0 Å². The van der Waals surface area contributed by atoms with Crippen molar-refractivity contribution in [1.29, 1.82) is 0 Å². The molecule has 0 aliphatic heterocycles. The molecule has 0 saturated heterocycles. The Morgan fingerprint density at radius 1 is 0.893 bits per heavy atom. The average Bonchev–Trinajstić information content (AvgIpc) is 2.61. The van der Waals surface area contributed by atoms with E-state index in [1.54, 1.807) is 27.7 Å². The van der Waals surface area contributed by atoms with E-state index < -0.39 is 49.4 Å². The smallest absolute Gasteiger partial charge is 0.377 e. The summed E-state index contributed by atoms with van der Waals surface area (Å²) in [6, 6.07) is 0.275. The van der Waals surface area contributed by atoms with Crippen LogP contribution in [0.15, 0.2) is 0 Å². The fourth-order valence-electron chi connectivity index (χ4n) is 2.46. The van der Waals surface area contributed by atoms with Gasteiger partial charge in [0.2, 0.25) is 5.82 Å². The molecule has 0 radical (unpaired) electrons. The summed E-state index contributed by atoms with van der Waals surface area (Å²) < 4.78 is 83.8. The quantitative estimate of drug-likeness (QED) is 0.201. The molecule has 5 nitrogen and oxygen atoms in total. The van der Waals surface area contributed by atoms with E-state index >= 15 is 0 Å². The lowest BCUT2D eigenvalue weighted by Gasteiger charge is -2.31. The van der Waals surface area contributed by atoms with E-state index in [1.165, 1.54) is 7.11 Å². The number of benzene rings is 1. The summed E-state index contributed by atoms with van der Waals surface area (Å²) >= 11 is 0. The Morgan fingerprint density at radius 3 is 1.71 bits per heavy atom. The van der Waals surface area contributed by atoms with Gasteiger partial charge in [-0.3, -0.25) is 4.79 Å². The second-order valence-electron chi connectivity index (χ2n) is 6.52. The zero-order valence-corrected chi connectivity index (χ0v) is 17.3. The number of carbonyl (C=O) groups excluding carboxylic acids is 1. The first-order valence-corrected chi connectivity index (χ1v) is 10.6. The highest BCUT2D eigenvalue weighted by Gasteiger charge is 2.41. The normalized spacial score (nSPS) is 12.1. The molecule has 0 spiro atoms. The van der Waals surface area contributed by atoms with Crippen LogP contribution in [0.4, 0.5) is 22.0 Å². The fraction of sp³-hybridized carbons (Fsp3) is 0.588. The minimum atomic E-state index is -3.06. The van der Waals surface area contributed by atoms with Gasteiger partial charge in [0, 0.05) is 31.9 Å². The van der Waals surface area contributed by atoms with Gasteiger partial charge in [-0.25, -0.2) is 22.0 Å². The predicted molar refractivity (Wildman–Crippen MR) is 93.2 cm³/mol. The summed E-state index contributed by atoms with van der Waals surface area (Å²) in [5.41, 5.74) is -1.52. The minimum absolute atomic E-state index is 0.112. The molecule has 0 heterocycles. The van der Waals surface area contributed by atoms with Gasteiger partial charge in [-0.2, -0.15) is 0 Å². The zero-order valence-electron chi connectivity index (χ0n) is 16.3. The zero-order chi connectivity index (χ0) is 21.6. The number of amides is 1. The van der Waals surface area contributed by atoms with Crippen LogP contribution in [-0.2, 0) is 13.3 Å². The Bertz CT molecular complexity index is 664. The number of hydrogen-bond donors (Lipinski definition) is 1. The van der Waals surface area contributed by atoms with Gasteiger partial charge in [0.1, 0.15) is 5.56 Å². The van der Waals surface area contributed by atoms with Crippen LogP contribution in [0, 0.1) is 29.1 Å². The predicted octanol–water partition coefficient (Wildman–Crippen LogP) is 3.94. The largest absolute Gasteiger partial charge is 0.501 e. The van der Waals surface area contributed by atoms with E-state index in [-0.39, 0.29) is 31.2 Å². The van der Waals surface area contributed by atoms with Crippen molar-refractivity contribution in [1.82, 2.24) is 5.32 Å². The molecule has 0 aliphatic carbocycles. The van der Waals surface area contributed by atoms with Gasteiger partial charge in [-0.15, -0.1) is 0 Å². The molecule has 1 aromatic carbocycles. The number of rotatable bonds is 10. The Balaban J connectivity index is 2.81. The Hall–Kier alpha value is -1.56. The summed E-state index contributed by atoms with van der Waals surface area (Å²) in [7, 11) is -1.63. The summed E-state index contributed by atoms with van der Waals surface area (Å²) in [4.78, 5) is 11.9. The summed E-state index contributed by atoms with van der Waals surface area (Å²) in [5, 5.41) is 2.14. The van der Waals surface area contributed by atoms with E-state index in [2.05, 4.69) is 5.32 Å². The van der Waals surface area contributed by atoms with Gasteiger partial charge in [-0.05, 0) is 34.1 Å². The van der Waals surface area contributed by atoms with Crippen LogP contribution in [0.25, 0.3) is 0 Å². The van der Waals surface area contributed by atoms with Gasteiger partial charge >= 0.3 is 8.80 Å². The number of hydrogen-bond acceptors (Lipinski definition) is 4. The van der Waals surface area contributed by atoms with Crippen molar-refractivity contribution in [2.75, 3.05) is 13.7 Å². The van der Waals surface area contributed by atoms with Crippen LogP contribution in [-0.4, -0.2) is 40.6 Å². The summed E-state index contributed by atoms with van der Waals surface area (Å²) in [5.74, 6) is -12.4. The molecule has 160 valence electrons. The molecule has 28 heavy (non-hydrogen) atoms. The Morgan fingerprint density at radius 2 is 1.32 bits per heavy atom. The lowest BCUT2D eigenvalue weighted by atomic mass is 10.1. The van der Waals surface area contributed by atoms with E-state index in [0.29, 0.717) is 0 Å². The van der Waals surface area contributed by atoms with Crippen LogP contribution in [0.2, 0.25) is 6.04 Å². The van der Waals surface area contributed by atoms with Crippen LogP contribution < -0.4 is 5.32 Å². The Kier molecular flexibility index (Phi) is 8.99. The number of nitrogens with one attached hydrogen (secondary N) is 1. The molecule has 0 unspecified atom stereocenters. The van der Waals surface area contributed by atoms with Crippen molar-refractivity contribution < 1.29 is 40.0 Å².